The first-order valence-corrected chi connectivity index (χ1v) is 25.3. The van der Waals surface area contributed by atoms with Gasteiger partial charge in [0.15, 0.2) is 6.10 Å². The van der Waals surface area contributed by atoms with Gasteiger partial charge in [-0.3, -0.25) is 14.4 Å². The molecule has 0 saturated heterocycles. The average Bonchev–Trinajstić information content (AvgIpc) is 3.21. The van der Waals surface area contributed by atoms with Gasteiger partial charge >= 0.3 is 17.9 Å². The molecule has 0 rings (SSSR count). The molecule has 0 aliphatic carbocycles. The Hall–Kier alpha value is -1.59. The number of hydrogen-bond donors (Lipinski definition) is 0. The zero-order valence-electron chi connectivity index (χ0n) is 39.0. The molecule has 0 radical (unpaired) electrons. The lowest BCUT2D eigenvalue weighted by molar-refractivity contribution is -0.167. The normalized spacial score (nSPS) is 13.0. The van der Waals surface area contributed by atoms with Gasteiger partial charge in [0, 0.05) is 19.3 Å². The molecule has 0 amide bonds. The molecule has 0 aromatic heterocycles. The van der Waals surface area contributed by atoms with Gasteiger partial charge in [0.25, 0.3) is 0 Å². The summed E-state index contributed by atoms with van der Waals surface area (Å²) in [4.78, 5) is 37.8. The van der Waals surface area contributed by atoms with Crippen molar-refractivity contribution in [3.8, 4) is 0 Å². The predicted octanol–water partition coefficient (Wildman–Crippen LogP) is 16.1. The van der Waals surface area contributed by atoms with Crippen LogP contribution in [0.3, 0.4) is 0 Å². The highest BCUT2D eigenvalue weighted by Crippen LogP contribution is 2.18. The Balaban J connectivity index is 4.28. The summed E-state index contributed by atoms with van der Waals surface area (Å²) < 4.78 is 16.8. The molecule has 0 aromatic rings. The molecule has 2 unspecified atom stereocenters. The second kappa shape index (κ2) is 44.0. The van der Waals surface area contributed by atoms with Crippen LogP contribution in [0.2, 0.25) is 0 Å². The fraction of sp³-hybridized carbons (Fsp3) is 0.941. The lowest BCUT2D eigenvalue weighted by Crippen LogP contribution is -2.30. The summed E-state index contributed by atoms with van der Waals surface area (Å²) in [6, 6.07) is 0. The highest BCUT2D eigenvalue weighted by atomic mass is 16.6. The number of carbonyl (C=O) groups excluding carboxylic acids is 3. The minimum absolute atomic E-state index is 0.0651. The van der Waals surface area contributed by atoms with Crippen molar-refractivity contribution in [1.82, 2.24) is 0 Å². The van der Waals surface area contributed by atoms with E-state index < -0.39 is 6.10 Å². The van der Waals surface area contributed by atoms with Crippen molar-refractivity contribution in [2.24, 2.45) is 11.8 Å². The zero-order valence-corrected chi connectivity index (χ0v) is 39.0. The Morgan fingerprint density at radius 2 is 0.614 bits per heavy atom. The number of esters is 3. The van der Waals surface area contributed by atoms with Crippen LogP contribution in [-0.4, -0.2) is 37.2 Å². The van der Waals surface area contributed by atoms with Crippen LogP contribution in [0.15, 0.2) is 0 Å². The molecular weight excluding hydrogens is 709 g/mol. The van der Waals surface area contributed by atoms with Crippen molar-refractivity contribution in [3.63, 3.8) is 0 Å². The van der Waals surface area contributed by atoms with Crippen LogP contribution >= 0.6 is 0 Å². The molecule has 0 heterocycles. The van der Waals surface area contributed by atoms with Crippen molar-refractivity contribution >= 4 is 17.9 Å². The van der Waals surface area contributed by atoms with Crippen LogP contribution in [0.5, 0.6) is 0 Å². The third kappa shape index (κ3) is 42.3. The Kier molecular flexibility index (Phi) is 42.7. The van der Waals surface area contributed by atoms with Gasteiger partial charge in [0.2, 0.25) is 0 Å². The Labute approximate surface area is 355 Å². The lowest BCUT2D eigenvalue weighted by atomic mass is 9.99. The van der Waals surface area contributed by atoms with E-state index in [9.17, 15) is 14.4 Å². The third-order valence-electron chi connectivity index (χ3n) is 12.2. The van der Waals surface area contributed by atoms with Crippen LogP contribution in [-0.2, 0) is 28.6 Å². The summed E-state index contributed by atoms with van der Waals surface area (Å²) in [6.45, 7) is 11.3. The number of carbonyl (C=O) groups is 3. The van der Waals surface area contributed by atoms with Crippen molar-refractivity contribution < 1.29 is 28.6 Å². The van der Waals surface area contributed by atoms with Crippen molar-refractivity contribution in [3.05, 3.63) is 0 Å². The molecule has 6 heteroatoms. The first-order chi connectivity index (χ1) is 27.8. The van der Waals surface area contributed by atoms with Gasteiger partial charge in [-0.1, -0.05) is 240 Å². The van der Waals surface area contributed by atoms with Crippen LogP contribution in [0, 0.1) is 11.8 Å². The number of ether oxygens (including phenoxy) is 3. The van der Waals surface area contributed by atoms with Crippen LogP contribution in [0.1, 0.15) is 279 Å². The van der Waals surface area contributed by atoms with Gasteiger partial charge in [-0.2, -0.15) is 0 Å². The van der Waals surface area contributed by atoms with Crippen LogP contribution < -0.4 is 0 Å². The highest BCUT2D eigenvalue weighted by Gasteiger charge is 2.19. The summed E-state index contributed by atoms with van der Waals surface area (Å²) in [5.74, 6) is 0.802. The molecule has 3 atom stereocenters. The second-order valence-corrected chi connectivity index (χ2v) is 17.9. The Morgan fingerprint density at radius 1 is 0.351 bits per heavy atom. The minimum atomic E-state index is -0.762. The quantitative estimate of drug-likeness (QED) is 0.0346. The first-order valence-electron chi connectivity index (χ1n) is 25.3. The van der Waals surface area contributed by atoms with E-state index in [4.69, 9.17) is 14.2 Å². The maximum absolute atomic E-state index is 12.7. The summed E-state index contributed by atoms with van der Waals surface area (Å²) in [5, 5.41) is 0. The van der Waals surface area contributed by atoms with Gasteiger partial charge < -0.3 is 14.2 Å². The Morgan fingerprint density at radius 3 is 0.912 bits per heavy atom. The molecular formula is C51H98O6. The van der Waals surface area contributed by atoms with E-state index in [1.807, 2.05) is 0 Å². The molecule has 0 aromatic carbocycles. The van der Waals surface area contributed by atoms with Crippen molar-refractivity contribution in [2.75, 3.05) is 13.2 Å². The Bertz CT molecular complexity index is 874. The van der Waals surface area contributed by atoms with Gasteiger partial charge in [0.05, 0.1) is 0 Å². The first kappa shape index (κ1) is 55.4. The van der Waals surface area contributed by atoms with E-state index in [1.54, 1.807) is 0 Å². The van der Waals surface area contributed by atoms with Gasteiger partial charge in [-0.15, -0.1) is 0 Å². The molecule has 0 aliphatic heterocycles. The maximum atomic E-state index is 12.7. The van der Waals surface area contributed by atoms with E-state index in [2.05, 4.69) is 34.6 Å². The molecule has 6 nitrogen and oxygen atoms in total. The summed E-state index contributed by atoms with van der Waals surface area (Å²) in [7, 11) is 0. The third-order valence-corrected chi connectivity index (χ3v) is 12.2. The molecule has 0 fully saturated rings. The van der Waals surface area contributed by atoms with E-state index in [1.165, 1.54) is 167 Å². The van der Waals surface area contributed by atoms with Crippen LogP contribution in [0.4, 0.5) is 0 Å². The van der Waals surface area contributed by atoms with Gasteiger partial charge in [0.1, 0.15) is 13.2 Å². The predicted molar refractivity (Wildman–Crippen MR) is 243 cm³/mol. The van der Waals surface area contributed by atoms with Gasteiger partial charge in [-0.05, 0) is 31.1 Å². The lowest BCUT2D eigenvalue weighted by Gasteiger charge is -2.18. The van der Waals surface area contributed by atoms with Gasteiger partial charge in [-0.25, -0.2) is 0 Å². The molecule has 0 spiro atoms. The number of hydrogen-bond acceptors (Lipinski definition) is 6. The second-order valence-electron chi connectivity index (χ2n) is 17.9. The molecule has 0 aliphatic rings. The molecule has 0 bridgehead atoms. The maximum Gasteiger partial charge on any atom is 0.306 e. The standard InChI is InChI=1S/C51H98O6/c1-6-9-10-11-12-13-14-15-16-17-18-19-20-21-25-31-36-41-49(52)55-44-48(57-51(54)43-38-33-28-27-30-35-40-47(5)8-3)45-56-50(53)42-37-32-26-23-22-24-29-34-39-46(4)7-2/h46-48H,6-45H2,1-5H3/t46?,47?,48-/m0/s1. The molecule has 57 heavy (non-hydrogen) atoms. The summed E-state index contributed by atoms with van der Waals surface area (Å²) in [5.41, 5.74) is 0. The summed E-state index contributed by atoms with van der Waals surface area (Å²) in [6.07, 6.45) is 43.7. The average molecular weight is 807 g/mol. The molecule has 0 N–H and O–H groups in total. The molecule has 338 valence electrons. The summed E-state index contributed by atoms with van der Waals surface area (Å²) >= 11 is 0. The van der Waals surface area contributed by atoms with E-state index in [0.29, 0.717) is 19.3 Å². The van der Waals surface area contributed by atoms with E-state index in [-0.39, 0.29) is 31.1 Å². The van der Waals surface area contributed by atoms with E-state index in [0.717, 1.165) is 69.6 Å². The number of unbranched alkanes of at least 4 members (excludes halogenated alkanes) is 28. The van der Waals surface area contributed by atoms with E-state index >= 15 is 0 Å². The minimum Gasteiger partial charge on any atom is -0.462 e. The molecule has 0 saturated carbocycles. The van der Waals surface area contributed by atoms with Crippen molar-refractivity contribution in [1.29, 1.82) is 0 Å². The van der Waals surface area contributed by atoms with Crippen molar-refractivity contribution in [2.45, 2.75) is 285 Å². The smallest absolute Gasteiger partial charge is 0.306 e. The SMILES string of the molecule is CCCCCCCCCCCCCCCCCCCC(=O)OC[C@@H](COC(=O)CCCCCCCCCCC(C)CC)OC(=O)CCCCCCCCC(C)CC. The monoisotopic (exact) mass is 807 g/mol. The topological polar surface area (TPSA) is 78.9 Å². The fourth-order valence-corrected chi connectivity index (χ4v) is 7.57. The largest absolute Gasteiger partial charge is 0.462 e. The number of rotatable bonds is 45. The zero-order chi connectivity index (χ0) is 41.9. The highest BCUT2D eigenvalue weighted by molar-refractivity contribution is 5.71. The van der Waals surface area contributed by atoms with Crippen LogP contribution in [0.25, 0.3) is 0 Å². The fourth-order valence-electron chi connectivity index (χ4n) is 7.57.